The van der Waals surface area contributed by atoms with Crippen LogP contribution >= 0.6 is 22.9 Å². The van der Waals surface area contributed by atoms with E-state index in [9.17, 15) is 9.59 Å². The van der Waals surface area contributed by atoms with Crippen molar-refractivity contribution in [3.8, 4) is 0 Å². The lowest BCUT2D eigenvalue weighted by molar-refractivity contribution is -0.141. The minimum absolute atomic E-state index is 0.184. The van der Waals surface area contributed by atoms with Gasteiger partial charge in [0.1, 0.15) is 0 Å². The lowest BCUT2D eigenvalue weighted by Crippen LogP contribution is -2.33. The highest BCUT2D eigenvalue weighted by Crippen LogP contribution is 2.22. The summed E-state index contributed by atoms with van der Waals surface area (Å²) < 4.78 is 0.544. The molecule has 88 valence electrons. The minimum Gasteiger partial charge on any atom is -0.481 e. The quantitative estimate of drug-likeness (QED) is 0.904. The van der Waals surface area contributed by atoms with Gasteiger partial charge in [0.2, 0.25) is 0 Å². The first-order valence-corrected chi connectivity index (χ1v) is 5.85. The third-order valence-corrected chi connectivity index (χ3v) is 3.32. The van der Waals surface area contributed by atoms with Gasteiger partial charge >= 0.3 is 5.97 Å². The van der Waals surface area contributed by atoms with E-state index in [0.29, 0.717) is 9.21 Å². The van der Waals surface area contributed by atoms with Gasteiger partial charge in [-0.2, -0.15) is 0 Å². The number of hydrogen-bond acceptors (Lipinski definition) is 3. The first-order chi connectivity index (χ1) is 7.41. The van der Waals surface area contributed by atoms with Gasteiger partial charge in [-0.25, -0.2) is 0 Å². The number of thiophene rings is 1. The average molecular weight is 262 g/mol. The summed E-state index contributed by atoms with van der Waals surface area (Å²) >= 11 is 6.91. The van der Waals surface area contributed by atoms with Gasteiger partial charge in [0.15, 0.2) is 0 Å². The molecule has 1 amide bonds. The van der Waals surface area contributed by atoms with Crippen molar-refractivity contribution in [3.05, 3.63) is 21.3 Å². The molecule has 0 aliphatic heterocycles. The normalized spacial score (nSPS) is 12.2. The number of amides is 1. The molecule has 0 aromatic carbocycles. The van der Waals surface area contributed by atoms with Gasteiger partial charge in [0, 0.05) is 13.6 Å². The molecule has 1 aromatic rings. The van der Waals surface area contributed by atoms with E-state index < -0.39 is 11.9 Å². The van der Waals surface area contributed by atoms with Crippen molar-refractivity contribution in [1.29, 1.82) is 0 Å². The van der Waals surface area contributed by atoms with Crippen molar-refractivity contribution in [3.63, 3.8) is 0 Å². The molecule has 1 aromatic heterocycles. The molecule has 0 saturated heterocycles. The van der Waals surface area contributed by atoms with Gasteiger partial charge in [0.25, 0.3) is 5.91 Å². The molecule has 4 nitrogen and oxygen atoms in total. The maximum absolute atomic E-state index is 11.8. The summed E-state index contributed by atoms with van der Waals surface area (Å²) in [4.78, 5) is 24.4. The van der Waals surface area contributed by atoms with E-state index in [4.69, 9.17) is 16.7 Å². The standard InChI is InChI=1S/C10H12ClNO3S/c1-6(10(14)15)5-12(2)9(13)7-3-4-8(11)16-7/h3-4,6H,5H2,1-2H3,(H,14,15). The van der Waals surface area contributed by atoms with Crippen LogP contribution in [0.15, 0.2) is 12.1 Å². The predicted octanol–water partition coefficient (Wildman–Crippen LogP) is 2.19. The van der Waals surface area contributed by atoms with Crippen molar-refractivity contribution >= 4 is 34.8 Å². The fourth-order valence-electron chi connectivity index (χ4n) is 1.19. The number of rotatable bonds is 4. The summed E-state index contributed by atoms with van der Waals surface area (Å²) in [6.07, 6.45) is 0. The van der Waals surface area contributed by atoms with E-state index in [-0.39, 0.29) is 12.5 Å². The highest BCUT2D eigenvalue weighted by Gasteiger charge is 2.19. The van der Waals surface area contributed by atoms with Crippen LogP contribution in [0.1, 0.15) is 16.6 Å². The van der Waals surface area contributed by atoms with Crippen LogP contribution in [0.4, 0.5) is 0 Å². The Hall–Kier alpha value is -1.07. The third kappa shape index (κ3) is 3.21. The first-order valence-electron chi connectivity index (χ1n) is 4.65. The van der Waals surface area contributed by atoms with Crippen LogP contribution < -0.4 is 0 Å². The molecule has 16 heavy (non-hydrogen) atoms. The Morgan fingerprint density at radius 2 is 2.19 bits per heavy atom. The molecule has 0 aliphatic carbocycles. The Kier molecular flexibility index (Phi) is 4.32. The van der Waals surface area contributed by atoms with E-state index in [1.165, 1.54) is 16.2 Å². The number of carbonyl (C=O) groups excluding carboxylic acids is 1. The van der Waals surface area contributed by atoms with Crippen LogP contribution in [-0.2, 0) is 4.79 Å². The number of carbonyl (C=O) groups is 2. The van der Waals surface area contributed by atoms with Crippen LogP contribution in [-0.4, -0.2) is 35.5 Å². The van der Waals surface area contributed by atoms with Crippen LogP contribution in [0.25, 0.3) is 0 Å². The van der Waals surface area contributed by atoms with Crippen molar-refractivity contribution in [2.24, 2.45) is 5.92 Å². The zero-order chi connectivity index (χ0) is 12.3. The summed E-state index contributed by atoms with van der Waals surface area (Å²) in [5, 5.41) is 8.73. The van der Waals surface area contributed by atoms with Gasteiger partial charge in [-0.05, 0) is 12.1 Å². The molecule has 0 radical (unpaired) electrons. The number of hydrogen-bond donors (Lipinski definition) is 1. The average Bonchev–Trinajstić information content (AvgIpc) is 2.63. The molecule has 6 heteroatoms. The van der Waals surface area contributed by atoms with E-state index in [2.05, 4.69) is 0 Å². The Bertz CT molecular complexity index is 405. The summed E-state index contributed by atoms with van der Waals surface area (Å²) in [7, 11) is 1.58. The van der Waals surface area contributed by atoms with E-state index in [1.807, 2.05) is 0 Å². The predicted molar refractivity (Wildman–Crippen MR) is 63.1 cm³/mol. The Balaban J connectivity index is 2.64. The third-order valence-electron chi connectivity index (χ3n) is 2.10. The number of nitrogens with zero attached hydrogens (tertiary/aromatic N) is 1. The van der Waals surface area contributed by atoms with Gasteiger partial charge in [-0.15, -0.1) is 11.3 Å². The van der Waals surface area contributed by atoms with Crippen molar-refractivity contribution in [2.45, 2.75) is 6.92 Å². The van der Waals surface area contributed by atoms with Crippen molar-refractivity contribution < 1.29 is 14.7 Å². The SMILES string of the molecule is CC(CN(C)C(=O)c1ccc(Cl)s1)C(=O)O. The zero-order valence-corrected chi connectivity index (χ0v) is 10.5. The Morgan fingerprint density at radius 3 is 2.62 bits per heavy atom. The molecule has 0 saturated carbocycles. The molecular formula is C10H12ClNO3S. The van der Waals surface area contributed by atoms with Crippen molar-refractivity contribution in [1.82, 2.24) is 4.90 Å². The van der Waals surface area contributed by atoms with E-state index in [1.54, 1.807) is 26.1 Å². The monoisotopic (exact) mass is 261 g/mol. The number of aliphatic carboxylic acids is 1. The van der Waals surface area contributed by atoms with Gasteiger partial charge in [0.05, 0.1) is 15.1 Å². The second-order valence-corrected chi connectivity index (χ2v) is 5.24. The summed E-state index contributed by atoms with van der Waals surface area (Å²) in [6.45, 7) is 1.75. The summed E-state index contributed by atoms with van der Waals surface area (Å²) in [5.41, 5.74) is 0. The number of carboxylic acids is 1. The molecule has 0 fully saturated rings. The maximum Gasteiger partial charge on any atom is 0.308 e. The molecule has 1 unspecified atom stereocenters. The maximum atomic E-state index is 11.8. The van der Waals surface area contributed by atoms with E-state index >= 15 is 0 Å². The molecule has 1 N–H and O–H groups in total. The molecule has 1 atom stereocenters. The molecule has 0 spiro atoms. The second kappa shape index (κ2) is 5.32. The van der Waals surface area contributed by atoms with Crippen LogP contribution in [0.5, 0.6) is 0 Å². The van der Waals surface area contributed by atoms with Crippen LogP contribution in [0.2, 0.25) is 4.34 Å². The van der Waals surface area contributed by atoms with E-state index in [0.717, 1.165) is 0 Å². The second-order valence-electron chi connectivity index (χ2n) is 3.53. The van der Waals surface area contributed by atoms with Gasteiger partial charge in [-0.1, -0.05) is 18.5 Å². The van der Waals surface area contributed by atoms with Crippen LogP contribution in [0, 0.1) is 5.92 Å². The van der Waals surface area contributed by atoms with Crippen molar-refractivity contribution in [2.75, 3.05) is 13.6 Å². The Morgan fingerprint density at radius 1 is 1.56 bits per heavy atom. The highest BCUT2D eigenvalue weighted by molar-refractivity contribution is 7.17. The largest absolute Gasteiger partial charge is 0.481 e. The molecule has 0 bridgehead atoms. The fourth-order valence-corrected chi connectivity index (χ4v) is 2.23. The molecule has 1 heterocycles. The number of carboxylic acid groups (broad SMARTS) is 1. The topological polar surface area (TPSA) is 57.6 Å². The molecule has 1 rings (SSSR count). The Labute approximate surface area is 102 Å². The number of halogens is 1. The lowest BCUT2D eigenvalue weighted by Gasteiger charge is -2.18. The lowest BCUT2D eigenvalue weighted by atomic mass is 10.2. The fraction of sp³-hybridized carbons (Fsp3) is 0.400. The van der Waals surface area contributed by atoms with Gasteiger partial charge in [-0.3, -0.25) is 9.59 Å². The zero-order valence-electron chi connectivity index (χ0n) is 8.94. The molecule has 0 aliphatic rings. The van der Waals surface area contributed by atoms with Gasteiger partial charge < -0.3 is 10.0 Å². The summed E-state index contributed by atoms with van der Waals surface area (Å²) in [5.74, 6) is -1.70. The summed E-state index contributed by atoms with van der Waals surface area (Å²) in [6, 6.07) is 3.28. The minimum atomic E-state index is -0.913. The highest BCUT2D eigenvalue weighted by atomic mass is 35.5. The first kappa shape index (κ1) is 13.0. The van der Waals surface area contributed by atoms with Crippen LogP contribution in [0.3, 0.4) is 0 Å². The smallest absolute Gasteiger partial charge is 0.308 e. The molecular weight excluding hydrogens is 250 g/mol.